The van der Waals surface area contributed by atoms with Gasteiger partial charge in [0.05, 0.1) is 0 Å². The van der Waals surface area contributed by atoms with E-state index in [2.05, 4.69) is 22.5 Å². The molecule has 1 fully saturated rings. The van der Waals surface area contributed by atoms with Crippen LogP contribution in [0.25, 0.3) is 0 Å². The highest BCUT2D eigenvalue weighted by atomic mass is 16.1. The molecule has 1 aliphatic rings. The van der Waals surface area contributed by atoms with Gasteiger partial charge in [0.2, 0.25) is 0 Å². The Morgan fingerprint density at radius 1 is 1.50 bits per heavy atom. The van der Waals surface area contributed by atoms with Gasteiger partial charge in [0.15, 0.2) is 0 Å². The van der Waals surface area contributed by atoms with Crippen molar-refractivity contribution in [1.82, 2.24) is 10.3 Å². The molecule has 0 bridgehead atoms. The molecule has 0 spiro atoms. The number of anilines is 1. The Kier molecular flexibility index (Phi) is 4.18. The van der Waals surface area contributed by atoms with Crippen molar-refractivity contribution in [2.24, 2.45) is 5.92 Å². The molecule has 1 aromatic heterocycles. The molecule has 4 heteroatoms. The van der Waals surface area contributed by atoms with E-state index in [9.17, 15) is 4.79 Å². The first-order valence-electron chi connectivity index (χ1n) is 6.71. The zero-order chi connectivity index (χ0) is 13.0. The van der Waals surface area contributed by atoms with E-state index in [1.54, 1.807) is 6.20 Å². The van der Waals surface area contributed by atoms with Crippen molar-refractivity contribution < 1.29 is 4.79 Å². The standard InChI is InChI=1S/C14H21N3O/c1-3-15-14(18)13-9-11(7-8-16-13)17-12-6-4-5-10(12)2/h7-10,12H,3-6H2,1-2H3,(H,15,18)(H,16,17). The maximum atomic E-state index is 11.7. The molecule has 2 atom stereocenters. The van der Waals surface area contributed by atoms with Crippen molar-refractivity contribution in [3.63, 3.8) is 0 Å². The fourth-order valence-electron chi connectivity index (χ4n) is 2.47. The van der Waals surface area contributed by atoms with Gasteiger partial charge in [-0.05, 0) is 37.8 Å². The van der Waals surface area contributed by atoms with Crippen LogP contribution in [0.5, 0.6) is 0 Å². The van der Waals surface area contributed by atoms with Gasteiger partial charge in [0.1, 0.15) is 5.69 Å². The molecule has 0 saturated heterocycles. The minimum Gasteiger partial charge on any atom is -0.382 e. The highest BCUT2D eigenvalue weighted by molar-refractivity contribution is 5.93. The number of rotatable bonds is 4. The van der Waals surface area contributed by atoms with E-state index in [-0.39, 0.29) is 5.91 Å². The lowest BCUT2D eigenvalue weighted by Gasteiger charge is -2.18. The van der Waals surface area contributed by atoms with Crippen LogP contribution in [0.4, 0.5) is 5.69 Å². The Bertz CT molecular complexity index is 419. The minimum absolute atomic E-state index is 0.111. The Balaban J connectivity index is 2.05. The van der Waals surface area contributed by atoms with Crippen LogP contribution in [-0.4, -0.2) is 23.5 Å². The molecule has 2 N–H and O–H groups in total. The lowest BCUT2D eigenvalue weighted by Crippen LogP contribution is -2.25. The van der Waals surface area contributed by atoms with E-state index in [0.717, 1.165) is 5.69 Å². The van der Waals surface area contributed by atoms with Crippen molar-refractivity contribution in [2.75, 3.05) is 11.9 Å². The first kappa shape index (κ1) is 12.9. The molecule has 0 radical (unpaired) electrons. The molecule has 1 aliphatic carbocycles. The first-order chi connectivity index (χ1) is 8.70. The van der Waals surface area contributed by atoms with Crippen molar-refractivity contribution in [3.05, 3.63) is 24.0 Å². The average Bonchev–Trinajstić information content (AvgIpc) is 2.76. The van der Waals surface area contributed by atoms with Crippen LogP contribution < -0.4 is 10.6 Å². The smallest absolute Gasteiger partial charge is 0.269 e. The summed E-state index contributed by atoms with van der Waals surface area (Å²) in [5.41, 5.74) is 1.47. The molecule has 1 aromatic rings. The Morgan fingerprint density at radius 2 is 2.33 bits per heavy atom. The fourth-order valence-corrected chi connectivity index (χ4v) is 2.47. The summed E-state index contributed by atoms with van der Waals surface area (Å²) in [5.74, 6) is 0.590. The van der Waals surface area contributed by atoms with E-state index < -0.39 is 0 Å². The third kappa shape index (κ3) is 3.00. The number of aromatic nitrogens is 1. The maximum absolute atomic E-state index is 11.7. The minimum atomic E-state index is -0.111. The summed E-state index contributed by atoms with van der Waals surface area (Å²) in [4.78, 5) is 15.8. The van der Waals surface area contributed by atoms with Crippen LogP contribution in [0.15, 0.2) is 18.3 Å². The average molecular weight is 247 g/mol. The number of pyridine rings is 1. The lowest BCUT2D eigenvalue weighted by molar-refractivity contribution is 0.0951. The largest absolute Gasteiger partial charge is 0.382 e. The van der Waals surface area contributed by atoms with E-state index in [1.807, 2.05) is 19.1 Å². The molecule has 1 amide bonds. The van der Waals surface area contributed by atoms with Gasteiger partial charge in [-0.2, -0.15) is 0 Å². The number of hydrogen-bond donors (Lipinski definition) is 2. The van der Waals surface area contributed by atoms with E-state index >= 15 is 0 Å². The first-order valence-corrected chi connectivity index (χ1v) is 6.71. The topological polar surface area (TPSA) is 54.0 Å². The summed E-state index contributed by atoms with van der Waals surface area (Å²) in [6.07, 6.45) is 5.46. The molecular formula is C14H21N3O. The summed E-state index contributed by atoms with van der Waals surface area (Å²) in [7, 11) is 0. The second kappa shape index (κ2) is 5.85. The quantitative estimate of drug-likeness (QED) is 0.859. The number of amides is 1. The van der Waals surface area contributed by atoms with Gasteiger partial charge in [0.25, 0.3) is 5.91 Å². The zero-order valence-corrected chi connectivity index (χ0v) is 11.1. The number of nitrogens with one attached hydrogen (secondary N) is 2. The SMILES string of the molecule is CCNC(=O)c1cc(NC2CCCC2C)ccn1. The predicted molar refractivity (Wildman–Crippen MR) is 72.7 cm³/mol. The molecular weight excluding hydrogens is 226 g/mol. The summed E-state index contributed by atoms with van der Waals surface area (Å²) >= 11 is 0. The highest BCUT2D eigenvalue weighted by Crippen LogP contribution is 2.27. The number of carbonyl (C=O) groups is 1. The molecule has 2 rings (SSSR count). The summed E-state index contributed by atoms with van der Waals surface area (Å²) < 4.78 is 0. The second-order valence-corrected chi connectivity index (χ2v) is 4.95. The van der Waals surface area contributed by atoms with Gasteiger partial charge in [0, 0.05) is 24.5 Å². The summed E-state index contributed by atoms with van der Waals surface area (Å²) in [6, 6.07) is 4.28. The van der Waals surface area contributed by atoms with Crippen LogP contribution in [-0.2, 0) is 0 Å². The van der Waals surface area contributed by atoms with Crippen molar-refractivity contribution in [3.8, 4) is 0 Å². The van der Waals surface area contributed by atoms with Gasteiger partial charge >= 0.3 is 0 Å². The van der Waals surface area contributed by atoms with E-state index in [1.165, 1.54) is 19.3 Å². The van der Waals surface area contributed by atoms with E-state index in [0.29, 0.717) is 24.2 Å². The van der Waals surface area contributed by atoms with Gasteiger partial charge < -0.3 is 10.6 Å². The lowest BCUT2D eigenvalue weighted by atomic mass is 10.1. The molecule has 4 nitrogen and oxygen atoms in total. The van der Waals surface area contributed by atoms with Crippen molar-refractivity contribution >= 4 is 11.6 Å². The third-order valence-corrected chi connectivity index (χ3v) is 3.54. The second-order valence-electron chi connectivity index (χ2n) is 4.95. The zero-order valence-electron chi connectivity index (χ0n) is 11.1. The Labute approximate surface area is 108 Å². The molecule has 98 valence electrons. The van der Waals surface area contributed by atoms with Gasteiger partial charge in [-0.3, -0.25) is 9.78 Å². The molecule has 18 heavy (non-hydrogen) atoms. The van der Waals surface area contributed by atoms with Crippen LogP contribution >= 0.6 is 0 Å². The normalized spacial score (nSPS) is 22.8. The third-order valence-electron chi connectivity index (χ3n) is 3.54. The highest BCUT2D eigenvalue weighted by Gasteiger charge is 2.23. The predicted octanol–water partition coefficient (Wildman–Crippen LogP) is 2.43. The molecule has 2 unspecified atom stereocenters. The van der Waals surface area contributed by atoms with E-state index in [4.69, 9.17) is 0 Å². The van der Waals surface area contributed by atoms with Crippen LogP contribution in [0.3, 0.4) is 0 Å². The molecule has 1 saturated carbocycles. The Morgan fingerprint density at radius 3 is 3.00 bits per heavy atom. The number of carbonyl (C=O) groups excluding carboxylic acids is 1. The maximum Gasteiger partial charge on any atom is 0.269 e. The Hall–Kier alpha value is -1.58. The van der Waals surface area contributed by atoms with Gasteiger partial charge in [-0.25, -0.2) is 0 Å². The number of nitrogens with zero attached hydrogens (tertiary/aromatic N) is 1. The molecule has 0 aliphatic heterocycles. The number of hydrogen-bond acceptors (Lipinski definition) is 3. The van der Waals surface area contributed by atoms with Crippen LogP contribution in [0, 0.1) is 5.92 Å². The molecule has 1 heterocycles. The van der Waals surface area contributed by atoms with Crippen molar-refractivity contribution in [1.29, 1.82) is 0 Å². The van der Waals surface area contributed by atoms with Gasteiger partial charge in [-0.1, -0.05) is 13.3 Å². The monoisotopic (exact) mass is 247 g/mol. The van der Waals surface area contributed by atoms with Crippen LogP contribution in [0.1, 0.15) is 43.6 Å². The van der Waals surface area contributed by atoms with Gasteiger partial charge in [-0.15, -0.1) is 0 Å². The summed E-state index contributed by atoms with van der Waals surface area (Å²) in [6.45, 7) is 4.80. The van der Waals surface area contributed by atoms with Crippen molar-refractivity contribution in [2.45, 2.75) is 39.2 Å². The fraction of sp³-hybridized carbons (Fsp3) is 0.571. The summed E-state index contributed by atoms with van der Waals surface area (Å²) in [5, 5.41) is 6.27. The van der Waals surface area contributed by atoms with Crippen LogP contribution in [0.2, 0.25) is 0 Å². The molecule has 0 aromatic carbocycles.